The molecule has 0 saturated heterocycles. The number of carbonyl (C=O) groups excluding carboxylic acids is 1. The van der Waals surface area contributed by atoms with Crippen LogP contribution in [0, 0.1) is 5.82 Å². The van der Waals surface area contributed by atoms with E-state index in [9.17, 15) is 9.18 Å². The Bertz CT molecular complexity index is 539. The molecule has 1 heterocycles. The number of aromatic nitrogens is 1. The zero-order valence-corrected chi connectivity index (χ0v) is 9.84. The van der Waals surface area contributed by atoms with Gasteiger partial charge in [-0.05, 0) is 11.6 Å². The Morgan fingerprint density at radius 1 is 1.35 bits per heavy atom. The van der Waals surface area contributed by atoms with Gasteiger partial charge < -0.3 is 5.73 Å². The Labute approximate surface area is 102 Å². The highest BCUT2D eigenvalue weighted by Crippen LogP contribution is 2.13. The first-order valence-corrected chi connectivity index (χ1v) is 5.98. The fourth-order valence-corrected chi connectivity index (χ4v) is 2.09. The van der Waals surface area contributed by atoms with Crippen molar-refractivity contribution >= 4 is 22.3 Å². The minimum Gasteiger partial charge on any atom is -0.375 e. The highest BCUT2D eigenvalue weighted by atomic mass is 32.1. The molecule has 0 aliphatic rings. The third-order valence-electron chi connectivity index (χ3n) is 2.29. The van der Waals surface area contributed by atoms with Gasteiger partial charge in [0.05, 0.1) is 5.69 Å². The Balaban J connectivity index is 2.01. The lowest BCUT2D eigenvalue weighted by atomic mass is 10.1. The first-order chi connectivity index (χ1) is 8.15. The van der Waals surface area contributed by atoms with Crippen molar-refractivity contribution in [2.45, 2.75) is 12.8 Å². The monoisotopic (exact) mass is 250 g/mol. The number of thiazole rings is 1. The minimum atomic E-state index is -0.348. The number of Topliss-reactive ketones (excluding diaryl/α,β-unsaturated/α-hetero) is 1. The molecule has 0 radical (unpaired) electrons. The fraction of sp³-hybridized carbons (Fsp3) is 0.167. The minimum absolute atomic E-state index is 0.0691. The molecule has 2 N–H and O–H groups in total. The first kappa shape index (κ1) is 11.7. The molecular weight excluding hydrogens is 239 g/mol. The van der Waals surface area contributed by atoms with Gasteiger partial charge in [-0.25, -0.2) is 9.37 Å². The number of hydrogen-bond donors (Lipinski definition) is 1. The number of benzene rings is 1. The second kappa shape index (κ2) is 5.05. The van der Waals surface area contributed by atoms with Crippen molar-refractivity contribution in [3.05, 3.63) is 46.7 Å². The molecule has 0 aliphatic carbocycles. The lowest BCUT2D eigenvalue weighted by Crippen LogP contribution is -2.08. The molecule has 88 valence electrons. The number of ketones is 1. The number of nitrogen functional groups attached to an aromatic ring is 1. The van der Waals surface area contributed by atoms with Gasteiger partial charge in [-0.15, -0.1) is 11.3 Å². The maximum Gasteiger partial charge on any atom is 0.180 e. The summed E-state index contributed by atoms with van der Waals surface area (Å²) in [7, 11) is 0. The van der Waals surface area contributed by atoms with Crippen LogP contribution in [-0.4, -0.2) is 10.8 Å². The van der Waals surface area contributed by atoms with Crippen LogP contribution in [0.3, 0.4) is 0 Å². The summed E-state index contributed by atoms with van der Waals surface area (Å²) in [5, 5.41) is 2.19. The second-order valence-corrected chi connectivity index (χ2v) is 4.55. The summed E-state index contributed by atoms with van der Waals surface area (Å²) in [4.78, 5) is 15.7. The van der Waals surface area contributed by atoms with Gasteiger partial charge in [0.25, 0.3) is 0 Å². The van der Waals surface area contributed by atoms with Crippen LogP contribution in [0.2, 0.25) is 0 Å². The molecular formula is C12H11FN2OS. The van der Waals surface area contributed by atoms with Crippen LogP contribution >= 0.6 is 11.3 Å². The molecule has 17 heavy (non-hydrogen) atoms. The average Bonchev–Trinajstić information content (AvgIpc) is 2.67. The summed E-state index contributed by atoms with van der Waals surface area (Å²) < 4.78 is 13.3. The molecule has 0 bridgehead atoms. The van der Waals surface area contributed by atoms with Crippen LogP contribution in [0.5, 0.6) is 0 Å². The summed E-state index contributed by atoms with van der Waals surface area (Å²) >= 11 is 1.30. The van der Waals surface area contributed by atoms with Gasteiger partial charge in [0.15, 0.2) is 5.13 Å². The van der Waals surface area contributed by atoms with Crippen molar-refractivity contribution in [3.63, 3.8) is 0 Å². The van der Waals surface area contributed by atoms with E-state index in [4.69, 9.17) is 5.73 Å². The zero-order chi connectivity index (χ0) is 12.3. The summed E-state index contributed by atoms with van der Waals surface area (Å²) in [5.41, 5.74) is 6.53. The average molecular weight is 250 g/mol. The maximum atomic E-state index is 13.3. The number of hydrogen-bond acceptors (Lipinski definition) is 4. The van der Waals surface area contributed by atoms with Crippen molar-refractivity contribution in [3.8, 4) is 0 Å². The van der Waals surface area contributed by atoms with Gasteiger partial charge in [0.2, 0.25) is 0 Å². The molecule has 0 spiro atoms. The SMILES string of the molecule is Nc1nc(CC(=O)Cc2ccccc2F)cs1. The molecule has 2 aromatic rings. The maximum absolute atomic E-state index is 13.3. The Morgan fingerprint density at radius 2 is 2.12 bits per heavy atom. The third-order valence-corrected chi connectivity index (χ3v) is 3.02. The predicted molar refractivity (Wildman–Crippen MR) is 65.3 cm³/mol. The van der Waals surface area contributed by atoms with Crippen molar-refractivity contribution in [1.82, 2.24) is 4.98 Å². The molecule has 2 rings (SSSR count). The number of nitrogens with two attached hydrogens (primary N) is 1. The van der Waals surface area contributed by atoms with E-state index in [1.54, 1.807) is 23.6 Å². The molecule has 1 aromatic carbocycles. The lowest BCUT2D eigenvalue weighted by molar-refractivity contribution is -0.117. The third kappa shape index (κ3) is 3.10. The van der Waals surface area contributed by atoms with E-state index in [-0.39, 0.29) is 24.4 Å². The van der Waals surface area contributed by atoms with E-state index in [0.717, 1.165) is 0 Å². The molecule has 0 saturated carbocycles. The van der Waals surface area contributed by atoms with Crippen LogP contribution in [0.15, 0.2) is 29.6 Å². The largest absolute Gasteiger partial charge is 0.375 e. The predicted octanol–water partition coefficient (Wildman–Crippen LogP) is 2.22. The standard InChI is InChI=1S/C12H11FN2OS/c13-11-4-2-1-3-8(11)5-10(16)6-9-7-17-12(14)15-9/h1-4,7H,5-6H2,(H2,14,15). The fourth-order valence-electron chi connectivity index (χ4n) is 1.52. The van der Waals surface area contributed by atoms with E-state index in [1.807, 2.05) is 0 Å². The van der Waals surface area contributed by atoms with Crippen LogP contribution in [0.4, 0.5) is 9.52 Å². The first-order valence-electron chi connectivity index (χ1n) is 5.10. The van der Waals surface area contributed by atoms with Gasteiger partial charge in [-0.2, -0.15) is 0 Å². The molecule has 1 aromatic heterocycles. The van der Waals surface area contributed by atoms with Gasteiger partial charge in [-0.1, -0.05) is 18.2 Å². The molecule has 5 heteroatoms. The summed E-state index contributed by atoms with van der Waals surface area (Å²) in [5.74, 6) is -0.418. The van der Waals surface area contributed by atoms with E-state index < -0.39 is 0 Å². The van der Waals surface area contributed by atoms with Gasteiger partial charge in [0, 0.05) is 18.2 Å². The molecule has 0 amide bonds. The summed E-state index contributed by atoms with van der Waals surface area (Å²) in [6.07, 6.45) is 0.284. The number of anilines is 1. The van der Waals surface area contributed by atoms with E-state index >= 15 is 0 Å². The van der Waals surface area contributed by atoms with E-state index in [2.05, 4.69) is 4.98 Å². The van der Waals surface area contributed by atoms with Crippen molar-refractivity contribution < 1.29 is 9.18 Å². The van der Waals surface area contributed by atoms with Crippen molar-refractivity contribution in [2.24, 2.45) is 0 Å². The number of halogens is 1. The van der Waals surface area contributed by atoms with Crippen LogP contribution in [0.25, 0.3) is 0 Å². The quantitative estimate of drug-likeness (QED) is 0.905. The van der Waals surface area contributed by atoms with E-state index in [0.29, 0.717) is 16.4 Å². The Morgan fingerprint density at radius 3 is 2.76 bits per heavy atom. The lowest BCUT2D eigenvalue weighted by Gasteiger charge is -2.01. The highest BCUT2D eigenvalue weighted by molar-refractivity contribution is 7.13. The molecule has 0 unspecified atom stereocenters. The molecule has 0 atom stereocenters. The number of nitrogens with zero attached hydrogens (tertiary/aromatic N) is 1. The number of rotatable bonds is 4. The molecule has 0 fully saturated rings. The summed E-state index contributed by atoms with van der Waals surface area (Å²) in [6.45, 7) is 0. The van der Waals surface area contributed by atoms with Crippen LogP contribution < -0.4 is 5.73 Å². The number of carbonyl (C=O) groups is 1. The van der Waals surface area contributed by atoms with Crippen LogP contribution in [0.1, 0.15) is 11.3 Å². The Kier molecular flexibility index (Phi) is 3.49. The van der Waals surface area contributed by atoms with Gasteiger partial charge >= 0.3 is 0 Å². The van der Waals surface area contributed by atoms with Crippen LogP contribution in [-0.2, 0) is 17.6 Å². The Hall–Kier alpha value is -1.75. The topological polar surface area (TPSA) is 56.0 Å². The normalized spacial score (nSPS) is 10.4. The second-order valence-electron chi connectivity index (χ2n) is 3.66. The molecule has 3 nitrogen and oxygen atoms in total. The summed E-state index contributed by atoms with van der Waals surface area (Å²) in [6, 6.07) is 6.28. The van der Waals surface area contributed by atoms with Crippen molar-refractivity contribution in [1.29, 1.82) is 0 Å². The van der Waals surface area contributed by atoms with Crippen molar-refractivity contribution in [2.75, 3.05) is 5.73 Å². The van der Waals surface area contributed by atoms with Gasteiger partial charge in [-0.3, -0.25) is 4.79 Å². The van der Waals surface area contributed by atoms with E-state index in [1.165, 1.54) is 17.4 Å². The molecule has 0 aliphatic heterocycles. The highest BCUT2D eigenvalue weighted by Gasteiger charge is 2.10. The smallest absolute Gasteiger partial charge is 0.180 e. The zero-order valence-electron chi connectivity index (χ0n) is 9.02. The van der Waals surface area contributed by atoms with Gasteiger partial charge in [0.1, 0.15) is 11.6 Å².